The maximum atomic E-state index is 12.9. The molecule has 1 aromatic carbocycles. The van der Waals surface area contributed by atoms with Crippen LogP contribution >= 0.6 is 0 Å². The Kier molecular flexibility index (Phi) is 3.36. The molecule has 0 saturated carbocycles. The third-order valence-electron chi connectivity index (χ3n) is 3.09. The highest BCUT2D eigenvalue weighted by Gasteiger charge is 2.37. The molecule has 3 heteroatoms. The van der Waals surface area contributed by atoms with Crippen molar-refractivity contribution in [2.75, 3.05) is 0 Å². The van der Waals surface area contributed by atoms with Crippen LogP contribution in [-0.4, -0.2) is 0 Å². The summed E-state index contributed by atoms with van der Waals surface area (Å²) in [6, 6.07) is 4.57. The first-order valence-electron chi connectivity index (χ1n) is 5.37. The molecule has 0 radical (unpaired) electrons. The van der Waals surface area contributed by atoms with Gasteiger partial charge in [0.05, 0.1) is 5.56 Å². The molecule has 0 bridgehead atoms. The van der Waals surface area contributed by atoms with Crippen molar-refractivity contribution >= 4 is 0 Å². The topological polar surface area (TPSA) is 0 Å². The van der Waals surface area contributed by atoms with Crippen LogP contribution in [0.5, 0.6) is 0 Å². The number of benzene rings is 1. The second-order valence-corrected chi connectivity index (χ2v) is 4.78. The molecule has 0 fully saturated rings. The van der Waals surface area contributed by atoms with Crippen molar-refractivity contribution in [1.82, 2.24) is 0 Å². The van der Waals surface area contributed by atoms with E-state index in [1.165, 1.54) is 6.07 Å². The average Bonchev–Trinajstić information content (AvgIpc) is 2.16. The fourth-order valence-electron chi connectivity index (χ4n) is 1.67. The Labute approximate surface area is 94.5 Å². The molecule has 0 nitrogen and oxygen atoms in total. The van der Waals surface area contributed by atoms with Gasteiger partial charge < -0.3 is 0 Å². The number of aryl methyl sites for hydroxylation is 1. The average molecular weight is 230 g/mol. The summed E-state index contributed by atoms with van der Waals surface area (Å²) in [5.74, 6) is 0. The lowest BCUT2D eigenvalue weighted by Gasteiger charge is -2.27. The Bertz CT molecular complexity index is 375. The van der Waals surface area contributed by atoms with Gasteiger partial charge in [-0.05, 0) is 30.4 Å². The van der Waals surface area contributed by atoms with E-state index in [2.05, 4.69) is 0 Å². The van der Waals surface area contributed by atoms with E-state index < -0.39 is 17.2 Å². The van der Waals surface area contributed by atoms with Gasteiger partial charge in [-0.2, -0.15) is 13.2 Å². The van der Waals surface area contributed by atoms with Gasteiger partial charge in [0.1, 0.15) is 0 Å². The summed E-state index contributed by atoms with van der Waals surface area (Å²) >= 11 is 0. The second kappa shape index (κ2) is 4.11. The van der Waals surface area contributed by atoms with Crippen LogP contribution in [0.3, 0.4) is 0 Å². The van der Waals surface area contributed by atoms with Crippen LogP contribution in [-0.2, 0) is 11.6 Å². The molecular formula is C13H17F3. The van der Waals surface area contributed by atoms with E-state index >= 15 is 0 Å². The molecule has 0 saturated heterocycles. The van der Waals surface area contributed by atoms with Gasteiger partial charge in [0.15, 0.2) is 0 Å². The van der Waals surface area contributed by atoms with Crippen LogP contribution < -0.4 is 0 Å². The molecule has 0 aliphatic heterocycles. The zero-order chi connectivity index (χ0) is 12.6. The van der Waals surface area contributed by atoms with E-state index in [0.717, 1.165) is 0 Å². The van der Waals surface area contributed by atoms with E-state index in [-0.39, 0.29) is 0 Å². The third kappa shape index (κ3) is 2.57. The molecule has 0 spiro atoms. The zero-order valence-corrected chi connectivity index (χ0v) is 10.1. The van der Waals surface area contributed by atoms with Crippen molar-refractivity contribution < 1.29 is 13.2 Å². The number of hydrogen-bond acceptors (Lipinski definition) is 0. The van der Waals surface area contributed by atoms with Crippen LogP contribution in [0.4, 0.5) is 13.2 Å². The lowest BCUT2D eigenvalue weighted by molar-refractivity contribution is -0.138. The van der Waals surface area contributed by atoms with E-state index in [0.29, 0.717) is 17.5 Å². The first-order chi connectivity index (χ1) is 7.18. The minimum atomic E-state index is -4.27. The summed E-state index contributed by atoms with van der Waals surface area (Å²) < 4.78 is 38.7. The first-order valence-corrected chi connectivity index (χ1v) is 5.37. The SMILES string of the molecule is CCC(C)(C)c1ccc(C)cc1C(F)(F)F. The fourth-order valence-corrected chi connectivity index (χ4v) is 1.67. The summed E-state index contributed by atoms with van der Waals surface area (Å²) in [6.45, 7) is 7.26. The molecule has 0 heterocycles. The van der Waals surface area contributed by atoms with Crippen LogP contribution in [0, 0.1) is 6.92 Å². The molecule has 0 aromatic heterocycles. The highest BCUT2D eigenvalue weighted by atomic mass is 19.4. The van der Waals surface area contributed by atoms with Crippen LogP contribution in [0.15, 0.2) is 18.2 Å². The molecule has 16 heavy (non-hydrogen) atoms. The predicted octanol–water partition coefficient (Wildman–Crippen LogP) is 4.70. The van der Waals surface area contributed by atoms with E-state index in [4.69, 9.17) is 0 Å². The maximum absolute atomic E-state index is 12.9. The molecule has 0 aliphatic carbocycles. The highest BCUT2D eigenvalue weighted by Crippen LogP contribution is 2.39. The van der Waals surface area contributed by atoms with Gasteiger partial charge in [-0.1, -0.05) is 38.5 Å². The highest BCUT2D eigenvalue weighted by molar-refractivity contribution is 5.38. The van der Waals surface area contributed by atoms with E-state index in [9.17, 15) is 13.2 Å². The number of alkyl halides is 3. The van der Waals surface area contributed by atoms with Gasteiger partial charge in [0, 0.05) is 0 Å². The van der Waals surface area contributed by atoms with Crippen molar-refractivity contribution in [3.8, 4) is 0 Å². The maximum Gasteiger partial charge on any atom is 0.416 e. The largest absolute Gasteiger partial charge is 0.416 e. The molecule has 0 amide bonds. The lowest BCUT2D eigenvalue weighted by Crippen LogP contribution is -2.22. The first kappa shape index (κ1) is 13.1. The number of rotatable bonds is 2. The Morgan fingerprint density at radius 2 is 1.62 bits per heavy atom. The van der Waals surface area contributed by atoms with Crippen molar-refractivity contribution in [3.63, 3.8) is 0 Å². The van der Waals surface area contributed by atoms with E-state index in [1.807, 2.05) is 20.8 Å². The summed E-state index contributed by atoms with van der Waals surface area (Å²) in [7, 11) is 0. The van der Waals surface area contributed by atoms with Gasteiger partial charge in [-0.3, -0.25) is 0 Å². The molecule has 0 unspecified atom stereocenters. The molecule has 0 atom stereocenters. The second-order valence-electron chi connectivity index (χ2n) is 4.78. The minimum Gasteiger partial charge on any atom is -0.166 e. The van der Waals surface area contributed by atoms with Crippen LogP contribution in [0.25, 0.3) is 0 Å². The van der Waals surface area contributed by atoms with E-state index in [1.54, 1.807) is 19.1 Å². The smallest absolute Gasteiger partial charge is 0.166 e. The van der Waals surface area contributed by atoms with Crippen molar-refractivity contribution in [2.24, 2.45) is 0 Å². The van der Waals surface area contributed by atoms with Crippen molar-refractivity contribution in [1.29, 1.82) is 0 Å². The molecule has 0 aliphatic rings. The number of halogens is 3. The van der Waals surface area contributed by atoms with Crippen LogP contribution in [0.2, 0.25) is 0 Å². The zero-order valence-electron chi connectivity index (χ0n) is 10.1. The Balaban J connectivity index is 3.40. The summed E-state index contributed by atoms with van der Waals surface area (Å²) in [5, 5.41) is 0. The molecule has 1 rings (SSSR count). The Hall–Kier alpha value is -0.990. The Morgan fingerprint density at radius 3 is 2.06 bits per heavy atom. The fraction of sp³-hybridized carbons (Fsp3) is 0.538. The van der Waals surface area contributed by atoms with Gasteiger partial charge in [0.2, 0.25) is 0 Å². The summed E-state index contributed by atoms with van der Waals surface area (Å²) in [6.07, 6.45) is -3.59. The monoisotopic (exact) mass is 230 g/mol. The molecule has 90 valence electrons. The van der Waals surface area contributed by atoms with Crippen molar-refractivity contribution in [2.45, 2.75) is 45.7 Å². The van der Waals surface area contributed by atoms with Gasteiger partial charge in [0.25, 0.3) is 0 Å². The minimum absolute atomic E-state index is 0.383. The third-order valence-corrected chi connectivity index (χ3v) is 3.09. The quantitative estimate of drug-likeness (QED) is 0.690. The van der Waals surface area contributed by atoms with Gasteiger partial charge in [-0.25, -0.2) is 0 Å². The summed E-state index contributed by atoms with van der Waals surface area (Å²) in [5.41, 5.74) is 0.0777. The molecular weight excluding hydrogens is 213 g/mol. The van der Waals surface area contributed by atoms with Crippen molar-refractivity contribution in [3.05, 3.63) is 34.9 Å². The lowest BCUT2D eigenvalue weighted by atomic mass is 9.79. The predicted molar refractivity (Wildman–Crippen MR) is 59.5 cm³/mol. The van der Waals surface area contributed by atoms with Gasteiger partial charge in [-0.15, -0.1) is 0 Å². The standard InChI is InChI=1S/C13H17F3/c1-5-12(3,4)10-7-6-9(2)8-11(10)13(14,15)16/h6-8H,5H2,1-4H3. The molecule has 1 aromatic rings. The summed E-state index contributed by atoms with van der Waals surface area (Å²) in [4.78, 5) is 0. The normalized spacial score (nSPS) is 12.9. The van der Waals surface area contributed by atoms with Crippen LogP contribution in [0.1, 0.15) is 43.9 Å². The number of hydrogen-bond donors (Lipinski definition) is 0. The Morgan fingerprint density at radius 1 is 1.06 bits per heavy atom. The van der Waals surface area contributed by atoms with Gasteiger partial charge >= 0.3 is 6.18 Å². The molecule has 0 N–H and O–H groups in total.